The summed E-state index contributed by atoms with van der Waals surface area (Å²) in [6.45, 7) is 17.7. The minimum absolute atomic E-state index is 0. The van der Waals surface area contributed by atoms with E-state index >= 15 is 0 Å². The van der Waals surface area contributed by atoms with Gasteiger partial charge in [0.25, 0.3) is 0 Å². The van der Waals surface area contributed by atoms with E-state index in [1.807, 2.05) is 0 Å². The monoisotopic (exact) mass is 404 g/mol. The first-order valence-electron chi connectivity index (χ1n) is 5.09. The van der Waals surface area contributed by atoms with Gasteiger partial charge in [0.15, 0.2) is 0 Å². The number of hydrogen-bond acceptors (Lipinski definition) is 0. The van der Waals surface area contributed by atoms with Gasteiger partial charge in [-0.05, 0) is 49.6 Å². The summed E-state index contributed by atoms with van der Waals surface area (Å²) < 4.78 is 0. The SMILES string of the molecule is CP(C)C.C[C]1[C](C)[C](C)[C](C)[C]1C.[Ir]. The van der Waals surface area contributed by atoms with E-state index < -0.39 is 0 Å². The number of rotatable bonds is 0. The van der Waals surface area contributed by atoms with Gasteiger partial charge < -0.3 is 0 Å². The Bertz CT molecular complexity index is 111. The standard InChI is InChI=1S/C10H15.C3H9P.Ir/c1-6-7(2)9(4)10(5)8(6)3;1-4(2)3;/h1-5H3;1-3H3;. The third-order valence-corrected chi connectivity index (χ3v) is 2.81. The molecule has 0 unspecified atom stereocenters. The molecule has 0 aromatic carbocycles. The topological polar surface area (TPSA) is 0 Å². The van der Waals surface area contributed by atoms with Crippen LogP contribution < -0.4 is 0 Å². The Hall–Kier alpha value is 1.08. The van der Waals surface area contributed by atoms with E-state index in [0.29, 0.717) is 7.92 Å². The largest absolute Gasteiger partial charge is 0.116 e. The molecule has 15 heavy (non-hydrogen) atoms. The van der Waals surface area contributed by atoms with Crippen LogP contribution in [0.1, 0.15) is 34.6 Å². The molecule has 0 amide bonds. The third-order valence-electron chi connectivity index (χ3n) is 2.81. The maximum absolute atomic E-state index is 2.23. The van der Waals surface area contributed by atoms with Crippen LogP contribution in [-0.2, 0) is 20.1 Å². The van der Waals surface area contributed by atoms with Gasteiger partial charge in [-0.25, -0.2) is 0 Å². The molecule has 1 saturated carbocycles. The van der Waals surface area contributed by atoms with E-state index in [9.17, 15) is 0 Å². The van der Waals surface area contributed by atoms with E-state index in [4.69, 9.17) is 0 Å². The van der Waals surface area contributed by atoms with E-state index in [1.165, 1.54) is 29.6 Å². The quantitative estimate of drug-likeness (QED) is 0.528. The zero-order valence-corrected chi connectivity index (χ0v) is 14.6. The van der Waals surface area contributed by atoms with Crippen LogP contribution >= 0.6 is 7.92 Å². The van der Waals surface area contributed by atoms with E-state index in [-0.39, 0.29) is 20.1 Å². The summed E-state index contributed by atoms with van der Waals surface area (Å²) in [5.41, 5.74) is 0. The van der Waals surface area contributed by atoms with Crippen molar-refractivity contribution in [3.63, 3.8) is 0 Å². The van der Waals surface area contributed by atoms with Gasteiger partial charge in [-0.15, -0.1) is 7.92 Å². The molecule has 0 saturated heterocycles. The molecule has 2 heteroatoms. The summed E-state index contributed by atoms with van der Waals surface area (Å²) in [6.07, 6.45) is 0. The second kappa shape index (κ2) is 8.21. The minimum atomic E-state index is 0. The fourth-order valence-electron chi connectivity index (χ4n) is 1.41. The van der Waals surface area contributed by atoms with Gasteiger partial charge in [-0.3, -0.25) is 0 Å². The molecular formula is C13H24IrP. The molecule has 0 spiro atoms. The maximum Gasteiger partial charge on any atom is 0 e. The Morgan fingerprint density at radius 3 is 0.667 bits per heavy atom. The zero-order valence-electron chi connectivity index (χ0n) is 11.3. The van der Waals surface area contributed by atoms with E-state index in [1.54, 1.807) is 0 Å². The molecule has 1 rings (SSSR count). The first kappa shape index (κ1) is 18.4. The Labute approximate surface area is 112 Å². The Morgan fingerprint density at radius 2 is 0.600 bits per heavy atom. The van der Waals surface area contributed by atoms with Crippen LogP contribution in [0, 0.1) is 29.6 Å². The van der Waals surface area contributed by atoms with Gasteiger partial charge in [0, 0.05) is 20.1 Å². The van der Waals surface area contributed by atoms with Crippen LogP contribution in [0.25, 0.3) is 0 Å². The number of hydrogen-bond donors (Lipinski definition) is 0. The van der Waals surface area contributed by atoms with Gasteiger partial charge in [-0.2, -0.15) is 0 Å². The first-order chi connectivity index (χ1) is 6.29. The van der Waals surface area contributed by atoms with Crippen LogP contribution in [0.2, 0.25) is 0 Å². The molecule has 1 aliphatic carbocycles. The summed E-state index contributed by atoms with van der Waals surface area (Å²) in [5, 5.41) is 0. The van der Waals surface area contributed by atoms with Crippen LogP contribution in [-0.4, -0.2) is 20.0 Å². The Balaban J connectivity index is 0. The van der Waals surface area contributed by atoms with Gasteiger partial charge >= 0.3 is 0 Å². The normalized spacial score (nSPS) is 21.4. The molecule has 1 aliphatic rings. The summed E-state index contributed by atoms with van der Waals surface area (Å²) in [7, 11) is 0.380. The molecule has 6 radical (unpaired) electrons. The predicted octanol–water partition coefficient (Wildman–Crippen LogP) is 4.33. The molecule has 0 N–H and O–H groups in total. The first-order valence-corrected chi connectivity index (χ1v) is 7.77. The van der Waals surface area contributed by atoms with Crippen molar-refractivity contribution in [2.24, 2.45) is 0 Å². The van der Waals surface area contributed by atoms with Crippen molar-refractivity contribution in [2.75, 3.05) is 20.0 Å². The van der Waals surface area contributed by atoms with Gasteiger partial charge in [-0.1, -0.05) is 34.6 Å². The van der Waals surface area contributed by atoms with E-state index in [2.05, 4.69) is 54.6 Å². The summed E-state index contributed by atoms with van der Waals surface area (Å²) in [5.74, 6) is 7.34. The average Bonchev–Trinajstić information content (AvgIpc) is 2.23. The third kappa shape index (κ3) is 5.81. The Morgan fingerprint density at radius 1 is 0.533 bits per heavy atom. The molecule has 0 bridgehead atoms. The molecule has 0 heterocycles. The molecule has 90 valence electrons. The fourth-order valence-corrected chi connectivity index (χ4v) is 1.41. The molecule has 0 aliphatic heterocycles. The van der Waals surface area contributed by atoms with Crippen LogP contribution in [0.3, 0.4) is 0 Å². The van der Waals surface area contributed by atoms with Crippen molar-refractivity contribution in [3.05, 3.63) is 29.6 Å². The van der Waals surface area contributed by atoms with Crippen molar-refractivity contribution >= 4 is 7.92 Å². The molecule has 0 nitrogen and oxygen atoms in total. The van der Waals surface area contributed by atoms with Crippen LogP contribution in [0.15, 0.2) is 0 Å². The smallest absolute Gasteiger partial charge is 0 e. The Kier molecular flexibility index (Phi) is 10.1. The van der Waals surface area contributed by atoms with Gasteiger partial charge in [0.2, 0.25) is 0 Å². The zero-order chi connectivity index (χ0) is 11.5. The molecule has 0 atom stereocenters. The fraction of sp³-hybridized carbons (Fsp3) is 0.615. The summed E-state index contributed by atoms with van der Waals surface area (Å²) in [6, 6.07) is 0. The predicted molar refractivity (Wildman–Crippen MR) is 69.3 cm³/mol. The minimum Gasteiger partial charge on any atom is -0.116 e. The van der Waals surface area contributed by atoms with E-state index in [0.717, 1.165) is 0 Å². The van der Waals surface area contributed by atoms with Crippen molar-refractivity contribution in [2.45, 2.75) is 34.6 Å². The van der Waals surface area contributed by atoms with Crippen molar-refractivity contribution in [1.82, 2.24) is 0 Å². The van der Waals surface area contributed by atoms with Crippen LogP contribution in [0.5, 0.6) is 0 Å². The van der Waals surface area contributed by atoms with Gasteiger partial charge in [0.1, 0.15) is 0 Å². The van der Waals surface area contributed by atoms with Crippen molar-refractivity contribution in [3.8, 4) is 0 Å². The van der Waals surface area contributed by atoms with Gasteiger partial charge in [0.05, 0.1) is 0 Å². The van der Waals surface area contributed by atoms with Crippen molar-refractivity contribution < 1.29 is 20.1 Å². The van der Waals surface area contributed by atoms with Crippen LogP contribution in [0.4, 0.5) is 0 Å². The summed E-state index contributed by atoms with van der Waals surface area (Å²) >= 11 is 0. The molecule has 0 aromatic heterocycles. The molecular weight excluding hydrogens is 379 g/mol. The summed E-state index contributed by atoms with van der Waals surface area (Å²) in [4.78, 5) is 0. The second-order valence-corrected chi connectivity index (χ2v) is 7.15. The molecule has 1 fully saturated rings. The van der Waals surface area contributed by atoms with Crippen molar-refractivity contribution in [1.29, 1.82) is 0 Å². The second-order valence-electron chi connectivity index (χ2n) is 4.47. The molecule has 0 aromatic rings. The average molecular weight is 404 g/mol. The maximum atomic E-state index is 2.23.